The van der Waals surface area contributed by atoms with Gasteiger partial charge >= 0.3 is 0 Å². The predicted octanol–water partition coefficient (Wildman–Crippen LogP) is 3.49. The molecule has 0 aliphatic rings. The third-order valence-corrected chi connectivity index (χ3v) is 4.85. The quantitative estimate of drug-likeness (QED) is 0.722. The van der Waals surface area contributed by atoms with Gasteiger partial charge in [-0.15, -0.1) is 0 Å². The lowest BCUT2D eigenvalue weighted by Crippen LogP contribution is -2.49. The van der Waals surface area contributed by atoms with E-state index in [4.69, 9.17) is 4.74 Å². The predicted molar refractivity (Wildman–Crippen MR) is 111 cm³/mol. The van der Waals surface area contributed by atoms with Gasteiger partial charge in [-0.3, -0.25) is 9.59 Å². The summed E-state index contributed by atoms with van der Waals surface area (Å²) in [5, 5.41) is 2.86. The SMILES string of the molecule is CCNC(=O)[C@H](CC)N(Cc1ccc(OC)cc1)C(=O)Cc1ccccc1C. The number of hydrogen-bond acceptors (Lipinski definition) is 3. The van der Waals surface area contributed by atoms with Crippen LogP contribution < -0.4 is 10.1 Å². The van der Waals surface area contributed by atoms with Gasteiger partial charge in [-0.1, -0.05) is 43.3 Å². The Kier molecular flexibility index (Phi) is 8.05. The molecule has 5 nitrogen and oxygen atoms in total. The molecule has 0 aromatic heterocycles. The van der Waals surface area contributed by atoms with Crippen molar-refractivity contribution in [2.45, 2.75) is 46.2 Å². The van der Waals surface area contributed by atoms with Crippen molar-refractivity contribution in [2.75, 3.05) is 13.7 Å². The summed E-state index contributed by atoms with van der Waals surface area (Å²) in [5.41, 5.74) is 3.02. The van der Waals surface area contributed by atoms with E-state index in [1.165, 1.54) is 0 Å². The van der Waals surface area contributed by atoms with Crippen molar-refractivity contribution < 1.29 is 14.3 Å². The Morgan fingerprint density at radius 3 is 2.32 bits per heavy atom. The van der Waals surface area contributed by atoms with E-state index in [2.05, 4.69) is 5.32 Å². The number of nitrogens with zero attached hydrogens (tertiary/aromatic N) is 1. The summed E-state index contributed by atoms with van der Waals surface area (Å²) >= 11 is 0. The van der Waals surface area contributed by atoms with Crippen LogP contribution in [0.25, 0.3) is 0 Å². The number of likely N-dealkylation sites (N-methyl/N-ethyl adjacent to an activating group) is 1. The molecule has 28 heavy (non-hydrogen) atoms. The van der Waals surface area contributed by atoms with Gasteiger partial charge in [-0.2, -0.15) is 0 Å². The molecule has 0 aliphatic heterocycles. The van der Waals surface area contributed by atoms with Gasteiger partial charge in [0.2, 0.25) is 11.8 Å². The summed E-state index contributed by atoms with van der Waals surface area (Å²) < 4.78 is 5.21. The van der Waals surface area contributed by atoms with Crippen molar-refractivity contribution in [3.8, 4) is 5.75 Å². The van der Waals surface area contributed by atoms with Crippen LogP contribution >= 0.6 is 0 Å². The Morgan fingerprint density at radius 1 is 1.07 bits per heavy atom. The van der Waals surface area contributed by atoms with Crippen molar-refractivity contribution in [1.82, 2.24) is 10.2 Å². The molecule has 0 aliphatic carbocycles. The van der Waals surface area contributed by atoms with Crippen LogP contribution in [-0.2, 0) is 22.6 Å². The molecule has 0 unspecified atom stereocenters. The zero-order chi connectivity index (χ0) is 20.5. The summed E-state index contributed by atoms with van der Waals surface area (Å²) in [6.07, 6.45) is 0.834. The van der Waals surface area contributed by atoms with Gasteiger partial charge in [-0.25, -0.2) is 0 Å². The fourth-order valence-corrected chi connectivity index (χ4v) is 3.21. The van der Waals surface area contributed by atoms with Crippen LogP contribution in [0, 0.1) is 6.92 Å². The van der Waals surface area contributed by atoms with E-state index in [0.717, 1.165) is 22.4 Å². The molecule has 1 N–H and O–H groups in total. The van der Waals surface area contributed by atoms with Crippen LogP contribution in [0.3, 0.4) is 0 Å². The fourth-order valence-electron chi connectivity index (χ4n) is 3.21. The third kappa shape index (κ3) is 5.59. The fraction of sp³-hybridized carbons (Fsp3) is 0.391. The largest absolute Gasteiger partial charge is 0.497 e. The molecule has 0 fully saturated rings. The van der Waals surface area contributed by atoms with Crippen molar-refractivity contribution in [3.05, 3.63) is 65.2 Å². The third-order valence-electron chi connectivity index (χ3n) is 4.85. The highest BCUT2D eigenvalue weighted by atomic mass is 16.5. The number of ether oxygens (including phenoxy) is 1. The van der Waals surface area contributed by atoms with Crippen molar-refractivity contribution in [2.24, 2.45) is 0 Å². The molecular formula is C23H30N2O3. The second-order valence-electron chi connectivity index (χ2n) is 6.79. The average molecular weight is 383 g/mol. The minimum atomic E-state index is -0.501. The molecular weight excluding hydrogens is 352 g/mol. The van der Waals surface area contributed by atoms with Crippen LogP contribution in [0.4, 0.5) is 0 Å². The van der Waals surface area contributed by atoms with E-state index in [9.17, 15) is 9.59 Å². The first kappa shape index (κ1) is 21.5. The van der Waals surface area contributed by atoms with Gasteiger partial charge in [0.05, 0.1) is 13.5 Å². The molecule has 0 bridgehead atoms. The molecule has 1 atom stereocenters. The van der Waals surface area contributed by atoms with Crippen LogP contribution in [0.2, 0.25) is 0 Å². The molecule has 2 aromatic carbocycles. The van der Waals surface area contributed by atoms with Gasteiger partial charge in [0, 0.05) is 13.1 Å². The lowest BCUT2D eigenvalue weighted by Gasteiger charge is -2.31. The number of hydrogen-bond donors (Lipinski definition) is 1. The molecule has 2 aromatic rings. The number of benzene rings is 2. The summed E-state index contributed by atoms with van der Waals surface area (Å²) in [6.45, 7) is 6.73. The normalized spacial score (nSPS) is 11.6. The molecule has 0 spiro atoms. The Balaban J connectivity index is 2.29. The van der Waals surface area contributed by atoms with Crippen LogP contribution in [0.5, 0.6) is 5.75 Å². The van der Waals surface area contributed by atoms with Gasteiger partial charge in [0.1, 0.15) is 11.8 Å². The van der Waals surface area contributed by atoms with E-state index < -0.39 is 6.04 Å². The van der Waals surface area contributed by atoms with E-state index in [1.54, 1.807) is 12.0 Å². The zero-order valence-corrected chi connectivity index (χ0v) is 17.2. The van der Waals surface area contributed by atoms with E-state index >= 15 is 0 Å². The minimum Gasteiger partial charge on any atom is -0.497 e. The first-order valence-corrected chi connectivity index (χ1v) is 9.74. The molecule has 0 heterocycles. The second kappa shape index (κ2) is 10.5. The summed E-state index contributed by atoms with van der Waals surface area (Å²) in [4.78, 5) is 27.5. The van der Waals surface area contributed by atoms with Gasteiger partial charge in [0.15, 0.2) is 0 Å². The highest BCUT2D eigenvalue weighted by molar-refractivity contribution is 5.88. The zero-order valence-electron chi connectivity index (χ0n) is 17.2. The number of nitrogens with one attached hydrogen (secondary N) is 1. The van der Waals surface area contributed by atoms with E-state index in [0.29, 0.717) is 19.5 Å². The maximum absolute atomic E-state index is 13.2. The monoisotopic (exact) mass is 382 g/mol. The molecule has 150 valence electrons. The maximum Gasteiger partial charge on any atom is 0.242 e. The number of methoxy groups -OCH3 is 1. The number of aryl methyl sites for hydroxylation is 1. The lowest BCUT2D eigenvalue weighted by molar-refractivity contribution is -0.140. The molecule has 0 radical (unpaired) electrons. The lowest BCUT2D eigenvalue weighted by atomic mass is 10.0. The van der Waals surface area contributed by atoms with Gasteiger partial charge < -0.3 is 15.0 Å². The van der Waals surface area contributed by atoms with Crippen LogP contribution in [0.15, 0.2) is 48.5 Å². The highest BCUT2D eigenvalue weighted by Crippen LogP contribution is 2.18. The highest BCUT2D eigenvalue weighted by Gasteiger charge is 2.28. The Bertz CT molecular complexity index is 787. The van der Waals surface area contributed by atoms with Crippen LogP contribution in [-0.4, -0.2) is 36.4 Å². The second-order valence-corrected chi connectivity index (χ2v) is 6.79. The smallest absolute Gasteiger partial charge is 0.242 e. The first-order valence-electron chi connectivity index (χ1n) is 9.74. The van der Waals surface area contributed by atoms with E-state index in [-0.39, 0.29) is 18.2 Å². The number of rotatable bonds is 9. The molecule has 0 saturated carbocycles. The average Bonchev–Trinajstić information content (AvgIpc) is 2.70. The molecule has 2 rings (SSSR count). The van der Waals surface area contributed by atoms with Crippen molar-refractivity contribution in [3.63, 3.8) is 0 Å². The van der Waals surface area contributed by atoms with Gasteiger partial charge in [0.25, 0.3) is 0 Å². The maximum atomic E-state index is 13.2. The topological polar surface area (TPSA) is 58.6 Å². The Labute approximate surface area is 167 Å². The summed E-state index contributed by atoms with van der Waals surface area (Å²) in [5.74, 6) is 0.595. The van der Waals surface area contributed by atoms with Crippen molar-refractivity contribution in [1.29, 1.82) is 0 Å². The molecule has 2 amide bonds. The van der Waals surface area contributed by atoms with Crippen LogP contribution in [0.1, 0.15) is 37.0 Å². The van der Waals surface area contributed by atoms with Crippen molar-refractivity contribution >= 4 is 11.8 Å². The Morgan fingerprint density at radius 2 is 1.75 bits per heavy atom. The summed E-state index contributed by atoms with van der Waals surface area (Å²) in [7, 11) is 1.62. The first-order chi connectivity index (χ1) is 13.5. The Hall–Kier alpha value is -2.82. The number of amides is 2. The summed E-state index contributed by atoms with van der Waals surface area (Å²) in [6, 6.07) is 14.9. The molecule has 0 saturated heterocycles. The standard InChI is InChI=1S/C23H30N2O3/c1-5-21(23(27)24-6-2)25(16-18-11-13-20(28-4)14-12-18)22(26)15-19-10-8-7-9-17(19)3/h7-14,21H,5-6,15-16H2,1-4H3,(H,24,27)/t21-/m0/s1. The number of carbonyl (C=O) groups excluding carboxylic acids is 2. The van der Waals surface area contributed by atoms with Gasteiger partial charge in [-0.05, 0) is 49.1 Å². The minimum absolute atomic E-state index is 0.0526. The van der Waals surface area contributed by atoms with E-state index in [1.807, 2.05) is 69.3 Å². The number of carbonyl (C=O) groups is 2. The molecule has 5 heteroatoms.